The van der Waals surface area contributed by atoms with E-state index >= 15 is 0 Å². The lowest BCUT2D eigenvalue weighted by Gasteiger charge is -2.10. The van der Waals surface area contributed by atoms with E-state index in [1.807, 2.05) is 24.3 Å². The highest BCUT2D eigenvalue weighted by Gasteiger charge is 2.06. The maximum absolute atomic E-state index is 10.8. The molecule has 1 aromatic carbocycles. The number of para-hydroxylation sites is 2. The zero-order valence-corrected chi connectivity index (χ0v) is 10.5. The molecule has 0 bridgehead atoms. The normalized spacial score (nSPS) is 9.95. The summed E-state index contributed by atoms with van der Waals surface area (Å²) in [6, 6.07) is 12.4. The van der Waals surface area contributed by atoms with Gasteiger partial charge in [-0.2, -0.15) is 0 Å². The first kappa shape index (κ1) is 12.9. The molecule has 19 heavy (non-hydrogen) atoms. The maximum Gasteiger partial charge on any atom is 0.354 e. The Balaban J connectivity index is 2.10. The molecule has 0 atom stereocenters. The highest BCUT2D eigenvalue weighted by atomic mass is 16.5. The minimum absolute atomic E-state index is 0.0410. The lowest BCUT2D eigenvalue weighted by Crippen LogP contribution is -2.07. The largest absolute Gasteiger partial charge is 0.495 e. The van der Waals surface area contributed by atoms with Crippen LogP contribution < -0.4 is 10.1 Å². The molecular weight excluding hydrogens is 244 g/mol. The van der Waals surface area contributed by atoms with Crippen molar-refractivity contribution in [1.82, 2.24) is 4.98 Å². The average Bonchev–Trinajstić information content (AvgIpc) is 2.45. The zero-order chi connectivity index (χ0) is 13.7. The minimum atomic E-state index is -1.03. The molecule has 2 aromatic rings. The molecule has 1 aromatic heterocycles. The summed E-state index contributed by atoms with van der Waals surface area (Å²) in [6.07, 6.45) is 0. The van der Waals surface area contributed by atoms with Crippen molar-refractivity contribution in [1.29, 1.82) is 0 Å². The van der Waals surface area contributed by atoms with Crippen LogP contribution in [0.15, 0.2) is 42.5 Å². The number of carboxylic acid groups (broad SMARTS) is 1. The van der Waals surface area contributed by atoms with E-state index in [4.69, 9.17) is 9.84 Å². The Morgan fingerprint density at radius 2 is 2.05 bits per heavy atom. The zero-order valence-electron chi connectivity index (χ0n) is 10.5. The number of anilines is 1. The number of carboxylic acids is 1. The standard InChI is InChI=1S/C14H14N2O3/c1-19-13-8-3-2-6-11(13)15-9-10-5-4-7-12(16-10)14(17)18/h2-8,15H,9H2,1H3,(H,17,18). The second-order valence-corrected chi connectivity index (χ2v) is 3.87. The molecule has 0 aliphatic rings. The maximum atomic E-state index is 10.8. The number of rotatable bonds is 5. The van der Waals surface area contributed by atoms with Gasteiger partial charge in [0, 0.05) is 0 Å². The highest BCUT2D eigenvalue weighted by molar-refractivity contribution is 5.85. The monoisotopic (exact) mass is 258 g/mol. The van der Waals surface area contributed by atoms with Gasteiger partial charge in [-0.1, -0.05) is 18.2 Å². The lowest BCUT2D eigenvalue weighted by atomic mass is 10.2. The van der Waals surface area contributed by atoms with E-state index < -0.39 is 5.97 Å². The first-order chi connectivity index (χ1) is 9.20. The molecule has 0 saturated carbocycles. The molecule has 0 unspecified atom stereocenters. The fraction of sp³-hybridized carbons (Fsp3) is 0.143. The number of benzene rings is 1. The first-order valence-electron chi connectivity index (χ1n) is 5.77. The molecule has 1 heterocycles. The number of pyridine rings is 1. The fourth-order valence-electron chi connectivity index (χ4n) is 1.67. The van der Waals surface area contributed by atoms with Crippen molar-refractivity contribution < 1.29 is 14.6 Å². The lowest BCUT2D eigenvalue weighted by molar-refractivity contribution is 0.0690. The molecule has 0 fully saturated rings. The van der Waals surface area contributed by atoms with Crippen LogP contribution in [0.1, 0.15) is 16.2 Å². The van der Waals surface area contributed by atoms with E-state index in [2.05, 4.69) is 10.3 Å². The first-order valence-corrected chi connectivity index (χ1v) is 5.77. The molecule has 0 saturated heterocycles. The van der Waals surface area contributed by atoms with Gasteiger partial charge in [0.2, 0.25) is 0 Å². The van der Waals surface area contributed by atoms with Crippen LogP contribution >= 0.6 is 0 Å². The number of aromatic carboxylic acids is 1. The minimum Gasteiger partial charge on any atom is -0.495 e. The van der Waals surface area contributed by atoms with Gasteiger partial charge >= 0.3 is 5.97 Å². The predicted octanol–water partition coefficient (Wildman–Crippen LogP) is 2.40. The number of hydrogen-bond donors (Lipinski definition) is 2. The Labute approximate surface area is 110 Å². The van der Waals surface area contributed by atoms with Crippen molar-refractivity contribution in [2.45, 2.75) is 6.54 Å². The third-order valence-corrected chi connectivity index (χ3v) is 2.59. The molecule has 5 heteroatoms. The Bertz CT molecular complexity index is 584. The van der Waals surface area contributed by atoms with Crippen LogP contribution in [0.4, 0.5) is 5.69 Å². The molecule has 0 amide bonds. The molecule has 0 radical (unpaired) electrons. The Morgan fingerprint density at radius 1 is 1.26 bits per heavy atom. The van der Waals surface area contributed by atoms with Crippen molar-refractivity contribution in [2.24, 2.45) is 0 Å². The smallest absolute Gasteiger partial charge is 0.354 e. The van der Waals surface area contributed by atoms with Crippen molar-refractivity contribution in [3.8, 4) is 5.75 Å². The molecule has 5 nitrogen and oxygen atoms in total. The van der Waals surface area contributed by atoms with Gasteiger partial charge in [-0.15, -0.1) is 0 Å². The number of carbonyl (C=O) groups is 1. The van der Waals surface area contributed by atoms with Crippen LogP contribution in [0, 0.1) is 0 Å². The fourth-order valence-corrected chi connectivity index (χ4v) is 1.67. The average molecular weight is 258 g/mol. The second kappa shape index (κ2) is 5.86. The summed E-state index contributed by atoms with van der Waals surface area (Å²) in [5.74, 6) is -0.295. The Hall–Kier alpha value is -2.56. The highest BCUT2D eigenvalue weighted by Crippen LogP contribution is 2.23. The number of aromatic nitrogens is 1. The van der Waals surface area contributed by atoms with Crippen LogP contribution in [0.3, 0.4) is 0 Å². The summed E-state index contributed by atoms with van der Waals surface area (Å²) in [6.45, 7) is 0.432. The third kappa shape index (κ3) is 3.22. The molecule has 0 aliphatic carbocycles. The van der Waals surface area contributed by atoms with Crippen LogP contribution in [-0.2, 0) is 6.54 Å². The summed E-state index contributed by atoms with van der Waals surface area (Å²) in [7, 11) is 1.60. The van der Waals surface area contributed by atoms with Gasteiger partial charge in [-0.05, 0) is 24.3 Å². The summed E-state index contributed by atoms with van der Waals surface area (Å²) in [5, 5.41) is 12.0. The van der Waals surface area contributed by atoms with Gasteiger partial charge in [-0.25, -0.2) is 9.78 Å². The molecule has 0 spiro atoms. The number of hydrogen-bond acceptors (Lipinski definition) is 4. The third-order valence-electron chi connectivity index (χ3n) is 2.59. The number of ether oxygens (including phenoxy) is 1. The van der Waals surface area contributed by atoms with Crippen molar-refractivity contribution in [2.75, 3.05) is 12.4 Å². The Kier molecular flexibility index (Phi) is 3.97. The summed E-state index contributed by atoms with van der Waals surface area (Å²) >= 11 is 0. The van der Waals surface area contributed by atoms with Gasteiger partial charge in [-0.3, -0.25) is 0 Å². The molecule has 2 rings (SSSR count). The SMILES string of the molecule is COc1ccccc1NCc1cccc(C(=O)O)n1. The van der Waals surface area contributed by atoms with E-state index in [0.717, 1.165) is 11.4 Å². The second-order valence-electron chi connectivity index (χ2n) is 3.87. The van der Waals surface area contributed by atoms with Crippen LogP contribution in [0.25, 0.3) is 0 Å². The topological polar surface area (TPSA) is 71.5 Å². The quantitative estimate of drug-likeness (QED) is 0.861. The van der Waals surface area contributed by atoms with E-state index in [-0.39, 0.29) is 5.69 Å². The summed E-state index contributed by atoms with van der Waals surface area (Å²) in [5.41, 5.74) is 1.54. The molecular formula is C14H14N2O3. The van der Waals surface area contributed by atoms with Crippen molar-refractivity contribution in [3.63, 3.8) is 0 Å². The van der Waals surface area contributed by atoms with Crippen molar-refractivity contribution >= 4 is 11.7 Å². The Morgan fingerprint density at radius 3 is 2.79 bits per heavy atom. The number of nitrogens with one attached hydrogen (secondary N) is 1. The van der Waals surface area contributed by atoms with Gasteiger partial charge in [0.15, 0.2) is 0 Å². The van der Waals surface area contributed by atoms with Crippen molar-refractivity contribution in [3.05, 3.63) is 53.9 Å². The van der Waals surface area contributed by atoms with Gasteiger partial charge < -0.3 is 15.2 Å². The van der Waals surface area contributed by atoms with Crippen LogP contribution in [-0.4, -0.2) is 23.2 Å². The number of methoxy groups -OCH3 is 1. The van der Waals surface area contributed by atoms with Crippen LogP contribution in [0.5, 0.6) is 5.75 Å². The molecule has 2 N–H and O–H groups in total. The van der Waals surface area contributed by atoms with Gasteiger partial charge in [0.05, 0.1) is 25.0 Å². The van der Waals surface area contributed by atoms with E-state index in [1.54, 1.807) is 19.2 Å². The predicted molar refractivity (Wildman–Crippen MR) is 71.5 cm³/mol. The van der Waals surface area contributed by atoms with Crippen LogP contribution in [0.2, 0.25) is 0 Å². The summed E-state index contributed by atoms with van der Waals surface area (Å²) < 4.78 is 5.22. The summed E-state index contributed by atoms with van der Waals surface area (Å²) in [4.78, 5) is 14.9. The van der Waals surface area contributed by atoms with Gasteiger partial charge in [0.25, 0.3) is 0 Å². The number of nitrogens with zero attached hydrogens (tertiary/aromatic N) is 1. The van der Waals surface area contributed by atoms with E-state index in [9.17, 15) is 4.79 Å². The molecule has 98 valence electrons. The van der Waals surface area contributed by atoms with Gasteiger partial charge in [0.1, 0.15) is 11.4 Å². The molecule has 0 aliphatic heterocycles. The van der Waals surface area contributed by atoms with E-state index in [0.29, 0.717) is 12.2 Å². The van der Waals surface area contributed by atoms with E-state index in [1.165, 1.54) is 6.07 Å².